The average Bonchev–Trinajstić information content (AvgIpc) is 2.99. The second-order valence-corrected chi connectivity index (χ2v) is 5.27. The van der Waals surface area contributed by atoms with E-state index in [4.69, 9.17) is 0 Å². The van der Waals surface area contributed by atoms with Crippen molar-refractivity contribution in [3.63, 3.8) is 0 Å². The lowest BCUT2D eigenvalue weighted by molar-refractivity contribution is 0.538. The lowest BCUT2D eigenvalue weighted by atomic mass is 10.1. The van der Waals surface area contributed by atoms with Crippen molar-refractivity contribution in [2.75, 3.05) is 6.54 Å². The fourth-order valence-corrected chi connectivity index (χ4v) is 1.82. The summed E-state index contributed by atoms with van der Waals surface area (Å²) >= 11 is 0. The van der Waals surface area contributed by atoms with Crippen LogP contribution in [0.3, 0.4) is 0 Å². The van der Waals surface area contributed by atoms with Gasteiger partial charge in [0.05, 0.1) is 12.1 Å². The number of rotatable bonds is 5. The summed E-state index contributed by atoms with van der Waals surface area (Å²) in [6.45, 7) is 4.95. The van der Waals surface area contributed by atoms with Gasteiger partial charge in [0.1, 0.15) is 0 Å². The van der Waals surface area contributed by atoms with Gasteiger partial charge in [-0.25, -0.2) is 0 Å². The topological polar surface area (TPSA) is 24.7 Å². The fraction of sp³-hybridized carbons (Fsp3) is 0.375. The van der Waals surface area contributed by atoms with Gasteiger partial charge in [0.15, 0.2) is 0 Å². The molecule has 2 rings (SSSR count). The van der Waals surface area contributed by atoms with Crippen molar-refractivity contribution in [3.05, 3.63) is 48.6 Å². The molecular formula is C16H20N2. The van der Waals surface area contributed by atoms with Gasteiger partial charge in [-0.05, 0) is 13.8 Å². The average molecular weight is 240 g/mol. The van der Waals surface area contributed by atoms with Crippen molar-refractivity contribution in [1.29, 1.82) is 0 Å². The van der Waals surface area contributed by atoms with E-state index in [1.807, 2.05) is 12.4 Å². The second kappa shape index (κ2) is 5.76. The van der Waals surface area contributed by atoms with E-state index in [0.717, 1.165) is 6.54 Å². The number of hydrogen-bond acceptors (Lipinski definition) is 2. The highest BCUT2D eigenvalue weighted by atomic mass is 14.9. The third-order valence-electron chi connectivity index (χ3n) is 2.91. The molecule has 2 aliphatic carbocycles. The van der Waals surface area contributed by atoms with Crippen molar-refractivity contribution < 1.29 is 0 Å². The summed E-state index contributed by atoms with van der Waals surface area (Å²) in [6, 6.07) is 0. The summed E-state index contributed by atoms with van der Waals surface area (Å²) in [5, 5.41) is 0. The van der Waals surface area contributed by atoms with Crippen LogP contribution in [0, 0.1) is 11.8 Å². The summed E-state index contributed by atoms with van der Waals surface area (Å²) in [7, 11) is 0. The Bertz CT molecular complexity index is 424. The molecule has 2 nitrogen and oxygen atoms in total. The summed E-state index contributed by atoms with van der Waals surface area (Å²) in [5.74, 6) is 0.722. The minimum Gasteiger partial charge on any atom is -0.294 e. The van der Waals surface area contributed by atoms with Gasteiger partial charge in [-0.15, -0.1) is 0 Å². The maximum Gasteiger partial charge on any atom is 0.0742 e. The quantitative estimate of drug-likeness (QED) is 0.658. The molecule has 0 aliphatic heterocycles. The molecule has 0 aromatic carbocycles. The Balaban J connectivity index is 1.82. The van der Waals surface area contributed by atoms with Crippen LogP contribution < -0.4 is 0 Å². The molecule has 0 atom stereocenters. The normalized spacial score (nSPS) is 20.3. The Morgan fingerprint density at radius 1 is 0.889 bits per heavy atom. The summed E-state index contributed by atoms with van der Waals surface area (Å²) in [4.78, 5) is 9.12. The van der Waals surface area contributed by atoms with E-state index >= 15 is 0 Å². The molecule has 0 fully saturated rings. The molecule has 2 heteroatoms. The maximum atomic E-state index is 4.62. The highest BCUT2D eigenvalue weighted by Crippen LogP contribution is 2.13. The van der Waals surface area contributed by atoms with E-state index in [1.165, 1.54) is 0 Å². The summed E-state index contributed by atoms with van der Waals surface area (Å²) in [5.41, 5.74) is -0.132. The smallest absolute Gasteiger partial charge is 0.0742 e. The number of aliphatic imine (C=N–C) groups is 2. The zero-order chi connectivity index (χ0) is 12.8. The fourth-order valence-electron chi connectivity index (χ4n) is 1.82. The van der Waals surface area contributed by atoms with Crippen LogP contribution in [-0.2, 0) is 0 Å². The molecule has 0 heterocycles. The van der Waals surface area contributed by atoms with Crippen LogP contribution in [-0.4, -0.2) is 24.5 Å². The number of allylic oxidation sites excluding steroid dienone is 8. The molecule has 0 spiro atoms. The van der Waals surface area contributed by atoms with E-state index in [2.05, 4.69) is 72.4 Å². The first-order chi connectivity index (χ1) is 8.66. The molecule has 2 aliphatic rings. The molecule has 0 saturated carbocycles. The summed E-state index contributed by atoms with van der Waals surface area (Å²) < 4.78 is 0. The van der Waals surface area contributed by atoms with Gasteiger partial charge >= 0.3 is 0 Å². The van der Waals surface area contributed by atoms with Gasteiger partial charge in [-0.2, -0.15) is 0 Å². The molecule has 0 amide bonds. The van der Waals surface area contributed by atoms with Crippen LogP contribution in [0.5, 0.6) is 0 Å². The first-order valence-electron chi connectivity index (χ1n) is 6.41. The first kappa shape index (κ1) is 12.7. The summed E-state index contributed by atoms with van der Waals surface area (Å²) in [6.07, 6.45) is 20.8. The van der Waals surface area contributed by atoms with Crippen LogP contribution in [0.25, 0.3) is 0 Å². The van der Waals surface area contributed by atoms with Gasteiger partial charge in [-0.3, -0.25) is 9.98 Å². The van der Waals surface area contributed by atoms with E-state index in [9.17, 15) is 0 Å². The van der Waals surface area contributed by atoms with E-state index in [-0.39, 0.29) is 5.54 Å². The number of nitrogens with zero attached hydrogens (tertiary/aromatic N) is 2. The standard InChI is InChI=1S/C16H20N2/c1-16(2,18-12-15-9-5-6-10-15)13-17-11-14-7-3-4-8-14/h3-12,14-15H,13H2,1-2H3. The van der Waals surface area contributed by atoms with Gasteiger partial charge < -0.3 is 0 Å². The van der Waals surface area contributed by atoms with E-state index in [0.29, 0.717) is 11.8 Å². The molecule has 0 unspecified atom stereocenters. The van der Waals surface area contributed by atoms with Crippen LogP contribution >= 0.6 is 0 Å². The minimum atomic E-state index is -0.132. The Labute approximate surface area is 109 Å². The van der Waals surface area contributed by atoms with Crippen LogP contribution in [0.4, 0.5) is 0 Å². The predicted molar refractivity (Wildman–Crippen MR) is 79.5 cm³/mol. The van der Waals surface area contributed by atoms with Crippen LogP contribution in [0.15, 0.2) is 58.6 Å². The van der Waals surface area contributed by atoms with Crippen molar-refractivity contribution >= 4 is 12.4 Å². The number of hydrogen-bond donors (Lipinski definition) is 0. The molecule has 0 aromatic rings. The van der Waals surface area contributed by atoms with Gasteiger partial charge in [0, 0.05) is 24.3 Å². The first-order valence-corrected chi connectivity index (χ1v) is 6.41. The van der Waals surface area contributed by atoms with E-state index in [1.54, 1.807) is 0 Å². The molecule has 18 heavy (non-hydrogen) atoms. The molecule has 0 radical (unpaired) electrons. The monoisotopic (exact) mass is 240 g/mol. The van der Waals surface area contributed by atoms with Gasteiger partial charge in [0.2, 0.25) is 0 Å². The highest BCUT2D eigenvalue weighted by Gasteiger charge is 2.14. The van der Waals surface area contributed by atoms with Gasteiger partial charge in [0.25, 0.3) is 0 Å². The predicted octanol–water partition coefficient (Wildman–Crippen LogP) is 3.39. The Kier molecular flexibility index (Phi) is 4.08. The van der Waals surface area contributed by atoms with Crippen molar-refractivity contribution in [1.82, 2.24) is 0 Å². The van der Waals surface area contributed by atoms with Crippen molar-refractivity contribution in [2.45, 2.75) is 19.4 Å². The van der Waals surface area contributed by atoms with Gasteiger partial charge in [-0.1, -0.05) is 48.6 Å². The van der Waals surface area contributed by atoms with Crippen molar-refractivity contribution in [3.8, 4) is 0 Å². The molecule has 0 bridgehead atoms. The molecule has 0 N–H and O–H groups in total. The lowest BCUT2D eigenvalue weighted by Crippen LogP contribution is -2.22. The minimum absolute atomic E-state index is 0.132. The largest absolute Gasteiger partial charge is 0.294 e. The molecular weight excluding hydrogens is 220 g/mol. The van der Waals surface area contributed by atoms with Crippen molar-refractivity contribution in [2.24, 2.45) is 21.8 Å². The maximum absolute atomic E-state index is 4.62. The SMILES string of the molecule is CC(C)(CN=CC1C=CC=C1)N=CC1C=CC=C1. The zero-order valence-corrected chi connectivity index (χ0v) is 11.0. The van der Waals surface area contributed by atoms with Crippen LogP contribution in [0.2, 0.25) is 0 Å². The molecule has 0 aromatic heterocycles. The molecule has 0 saturated heterocycles. The lowest BCUT2D eigenvalue weighted by Gasteiger charge is -2.17. The Morgan fingerprint density at radius 2 is 1.39 bits per heavy atom. The Hall–Kier alpha value is -1.70. The third-order valence-corrected chi connectivity index (χ3v) is 2.91. The zero-order valence-electron chi connectivity index (χ0n) is 11.0. The molecule has 94 valence electrons. The van der Waals surface area contributed by atoms with E-state index < -0.39 is 0 Å². The van der Waals surface area contributed by atoms with Crippen LogP contribution in [0.1, 0.15) is 13.8 Å². The third kappa shape index (κ3) is 3.95. The highest BCUT2D eigenvalue weighted by molar-refractivity contribution is 5.68. The Morgan fingerprint density at radius 3 is 1.94 bits per heavy atom. The second-order valence-electron chi connectivity index (χ2n) is 5.27.